The summed E-state index contributed by atoms with van der Waals surface area (Å²) >= 11 is 0. The number of nitrogens with zero attached hydrogens (tertiary/aromatic N) is 3. The molecule has 1 saturated heterocycles. The van der Waals surface area contributed by atoms with Crippen LogP contribution < -0.4 is 5.56 Å². The number of phenols is 1. The molecule has 0 saturated carbocycles. The number of aromatic nitrogens is 2. The second kappa shape index (κ2) is 7.65. The van der Waals surface area contributed by atoms with Gasteiger partial charge in [-0.15, -0.1) is 0 Å². The number of carbonyl (C=O) groups excluding carboxylic acids is 1. The fraction of sp³-hybridized carbons (Fsp3) is 0.423. The fourth-order valence-corrected chi connectivity index (χ4v) is 5.61. The number of pyridine rings is 2. The van der Waals surface area contributed by atoms with E-state index in [9.17, 15) is 19.8 Å². The van der Waals surface area contributed by atoms with E-state index in [0.29, 0.717) is 35.6 Å². The Morgan fingerprint density at radius 1 is 1.15 bits per heavy atom. The van der Waals surface area contributed by atoms with Crippen LogP contribution >= 0.6 is 0 Å². The second-order valence-electron chi connectivity index (χ2n) is 9.57. The summed E-state index contributed by atoms with van der Waals surface area (Å²) in [4.78, 5) is 32.9. The number of esters is 1. The predicted octanol–water partition coefficient (Wildman–Crippen LogP) is 2.77. The van der Waals surface area contributed by atoms with Gasteiger partial charge in [0.05, 0.1) is 29.0 Å². The van der Waals surface area contributed by atoms with Crippen LogP contribution in [0.5, 0.6) is 5.75 Å². The van der Waals surface area contributed by atoms with Gasteiger partial charge in [0, 0.05) is 28.6 Å². The molecule has 0 bridgehead atoms. The van der Waals surface area contributed by atoms with E-state index in [1.807, 2.05) is 6.07 Å². The van der Waals surface area contributed by atoms with E-state index < -0.39 is 11.6 Å². The van der Waals surface area contributed by atoms with Crippen LogP contribution in [0.3, 0.4) is 0 Å². The van der Waals surface area contributed by atoms with Crippen molar-refractivity contribution in [3.8, 4) is 17.1 Å². The van der Waals surface area contributed by atoms with Crippen LogP contribution in [0.2, 0.25) is 0 Å². The number of phenolic OH excluding ortho intramolecular Hbond substituents is 1. The maximum absolute atomic E-state index is 13.3. The lowest BCUT2D eigenvalue weighted by Gasteiger charge is -2.31. The van der Waals surface area contributed by atoms with Gasteiger partial charge in [0.2, 0.25) is 0 Å². The Balaban J connectivity index is 1.50. The molecule has 0 radical (unpaired) electrons. The Labute approximate surface area is 196 Å². The molecule has 3 aliphatic heterocycles. The van der Waals surface area contributed by atoms with Crippen LogP contribution in [-0.4, -0.2) is 43.7 Å². The molecule has 8 nitrogen and oxygen atoms in total. The first-order valence-corrected chi connectivity index (χ1v) is 11.9. The number of benzene rings is 1. The van der Waals surface area contributed by atoms with Crippen molar-refractivity contribution in [3.05, 3.63) is 56.9 Å². The highest BCUT2D eigenvalue weighted by Crippen LogP contribution is 2.39. The average Bonchev–Trinajstić information content (AvgIpc) is 3.21. The highest BCUT2D eigenvalue weighted by Gasteiger charge is 2.45. The number of hydrogen-bond donors (Lipinski definition) is 2. The highest BCUT2D eigenvalue weighted by atomic mass is 16.6. The Morgan fingerprint density at radius 2 is 1.94 bits per heavy atom. The summed E-state index contributed by atoms with van der Waals surface area (Å²) in [7, 11) is 0. The zero-order valence-electron chi connectivity index (χ0n) is 19.1. The number of rotatable bonds is 3. The molecule has 34 heavy (non-hydrogen) atoms. The Bertz CT molecular complexity index is 1410. The lowest BCUT2D eigenvalue weighted by Crippen LogP contribution is -2.44. The third-order valence-corrected chi connectivity index (χ3v) is 7.61. The van der Waals surface area contributed by atoms with Gasteiger partial charge in [0.25, 0.3) is 5.56 Å². The summed E-state index contributed by atoms with van der Waals surface area (Å²) in [6.07, 6.45) is 3.68. The highest BCUT2D eigenvalue weighted by molar-refractivity contribution is 5.89. The molecular weight excluding hydrogens is 434 g/mol. The molecule has 1 aromatic carbocycles. The SMILES string of the molecule is CC[C@@]1(O)C(=O)OCc2c1cc1n(c2=O)Cc2cc3c(CN4CCCCC4)c(O)ccc3nc2-1. The Morgan fingerprint density at radius 3 is 2.71 bits per heavy atom. The van der Waals surface area contributed by atoms with Crippen LogP contribution in [0.25, 0.3) is 22.3 Å². The molecule has 1 fully saturated rings. The molecule has 5 heterocycles. The first-order chi connectivity index (χ1) is 16.4. The number of aromatic hydroxyl groups is 1. The zero-order chi connectivity index (χ0) is 23.6. The number of carbonyl (C=O) groups is 1. The van der Waals surface area contributed by atoms with E-state index in [0.717, 1.165) is 35.1 Å². The zero-order valence-corrected chi connectivity index (χ0v) is 19.1. The van der Waals surface area contributed by atoms with Crippen molar-refractivity contribution in [2.45, 2.75) is 57.9 Å². The van der Waals surface area contributed by atoms with Crippen molar-refractivity contribution in [3.63, 3.8) is 0 Å². The smallest absolute Gasteiger partial charge is 0.343 e. The van der Waals surface area contributed by atoms with Gasteiger partial charge < -0.3 is 19.5 Å². The molecule has 3 aromatic rings. The molecule has 6 rings (SSSR count). The molecule has 0 amide bonds. The first-order valence-electron chi connectivity index (χ1n) is 11.9. The Kier molecular flexibility index (Phi) is 4.79. The third-order valence-electron chi connectivity index (χ3n) is 7.61. The molecule has 0 unspecified atom stereocenters. The van der Waals surface area contributed by atoms with Crippen LogP contribution in [0.15, 0.2) is 29.1 Å². The predicted molar refractivity (Wildman–Crippen MR) is 125 cm³/mol. The molecule has 176 valence electrons. The molecule has 2 aromatic heterocycles. The van der Waals surface area contributed by atoms with Gasteiger partial charge >= 0.3 is 5.97 Å². The minimum atomic E-state index is -1.84. The molecule has 8 heteroatoms. The largest absolute Gasteiger partial charge is 0.508 e. The number of ether oxygens (including phenoxy) is 1. The summed E-state index contributed by atoms with van der Waals surface area (Å²) in [6, 6.07) is 7.22. The minimum absolute atomic E-state index is 0.110. The topological polar surface area (TPSA) is 105 Å². The average molecular weight is 462 g/mol. The second-order valence-corrected chi connectivity index (χ2v) is 9.57. The van der Waals surface area contributed by atoms with Gasteiger partial charge in [-0.25, -0.2) is 9.78 Å². The van der Waals surface area contributed by atoms with Gasteiger partial charge in [-0.05, 0) is 56.6 Å². The summed E-state index contributed by atoms with van der Waals surface area (Å²) < 4.78 is 6.78. The normalized spacial score (nSPS) is 21.8. The van der Waals surface area contributed by atoms with Crippen molar-refractivity contribution in [1.29, 1.82) is 0 Å². The fourth-order valence-electron chi connectivity index (χ4n) is 5.61. The van der Waals surface area contributed by atoms with E-state index in [2.05, 4.69) is 4.90 Å². The molecule has 0 spiro atoms. The molecule has 2 N–H and O–H groups in total. The van der Waals surface area contributed by atoms with E-state index in [1.165, 1.54) is 19.3 Å². The maximum Gasteiger partial charge on any atom is 0.343 e. The van der Waals surface area contributed by atoms with E-state index in [4.69, 9.17) is 9.72 Å². The van der Waals surface area contributed by atoms with E-state index >= 15 is 0 Å². The van der Waals surface area contributed by atoms with E-state index in [1.54, 1.807) is 29.7 Å². The van der Waals surface area contributed by atoms with Crippen molar-refractivity contribution < 1.29 is 19.7 Å². The van der Waals surface area contributed by atoms with Crippen molar-refractivity contribution in [1.82, 2.24) is 14.5 Å². The quantitative estimate of drug-likeness (QED) is 0.452. The summed E-state index contributed by atoms with van der Waals surface area (Å²) in [5.74, 6) is -0.471. The van der Waals surface area contributed by atoms with Gasteiger partial charge in [0.1, 0.15) is 12.4 Å². The standard InChI is InChI=1S/C26H27N3O5/c1-2-26(33)19-11-21-23-15(12-29(21)24(31)18(19)14-34-25(26)32)10-16-17(13-28-8-4-3-5-9-28)22(30)7-6-20(16)27-23/h6-7,10-11,30,33H,2-5,8-9,12-14H2,1H3/t26-/m0/s1. The number of aliphatic hydroxyl groups is 1. The number of hydrogen-bond acceptors (Lipinski definition) is 7. The number of cyclic esters (lactones) is 1. The van der Waals surface area contributed by atoms with Gasteiger partial charge in [-0.2, -0.15) is 0 Å². The van der Waals surface area contributed by atoms with Crippen LogP contribution in [0.4, 0.5) is 0 Å². The van der Waals surface area contributed by atoms with E-state index in [-0.39, 0.29) is 24.3 Å². The number of piperidine rings is 1. The van der Waals surface area contributed by atoms with Crippen molar-refractivity contribution in [2.24, 2.45) is 0 Å². The summed E-state index contributed by atoms with van der Waals surface area (Å²) in [5, 5.41) is 22.6. The first kappa shape index (κ1) is 21.3. The Hall–Kier alpha value is -3.23. The summed E-state index contributed by atoms with van der Waals surface area (Å²) in [5.41, 5.74) is 2.25. The van der Waals surface area contributed by atoms with Crippen LogP contribution in [-0.2, 0) is 34.8 Å². The monoisotopic (exact) mass is 461 g/mol. The van der Waals surface area contributed by atoms with Gasteiger partial charge in [0.15, 0.2) is 5.60 Å². The molecule has 0 aliphatic carbocycles. The number of likely N-dealkylation sites (tertiary alicyclic amines) is 1. The van der Waals surface area contributed by atoms with Gasteiger partial charge in [-0.1, -0.05) is 13.3 Å². The van der Waals surface area contributed by atoms with Crippen molar-refractivity contribution >= 4 is 16.9 Å². The number of fused-ring (bicyclic) bond motifs is 5. The molecule has 3 aliphatic rings. The third kappa shape index (κ3) is 3.02. The van der Waals surface area contributed by atoms with Crippen LogP contribution in [0.1, 0.15) is 54.9 Å². The summed E-state index contributed by atoms with van der Waals surface area (Å²) in [6.45, 7) is 4.58. The maximum atomic E-state index is 13.3. The molecule has 1 atom stereocenters. The minimum Gasteiger partial charge on any atom is -0.508 e. The van der Waals surface area contributed by atoms with Crippen LogP contribution in [0, 0.1) is 0 Å². The lowest BCUT2D eigenvalue weighted by molar-refractivity contribution is -0.172. The lowest BCUT2D eigenvalue weighted by atomic mass is 9.86. The molecular formula is C26H27N3O5. The van der Waals surface area contributed by atoms with Crippen molar-refractivity contribution in [2.75, 3.05) is 13.1 Å². The van der Waals surface area contributed by atoms with Gasteiger partial charge in [-0.3, -0.25) is 9.69 Å².